The van der Waals surface area contributed by atoms with Crippen LogP contribution in [0.3, 0.4) is 0 Å². The number of carbonyl (C=O) groups excluding carboxylic acids is 1. The summed E-state index contributed by atoms with van der Waals surface area (Å²) in [7, 11) is -2.74. The summed E-state index contributed by atoms with van der Waals surface area (Å²) in [6.45, 7) is 7.65. The van der Waals surface area contributed by atoms with E-state index in [9.17, 15) is 23.4 Å². The standard InChI is InChI=1S/C30H30N2O7S/c1-16-11-12-22-28(2,3)25(32-38-5)21(40(36,37)17-9-7-6-8-10-17)15-30(22)29(16,4)14-19-20(33)13-18-23(24(19)39-30)27(35)31-26(18)34/h6-13,15,27,33,35H,14H2,1-5H3,(H,31,34). The van der Waals surface area contributed by atoms with Gasteiger partial charge in [-0.2, -0.15) is 0 Å². The number of amides is 1. The summed E-state index contributed by atoms with van der Waals surface area (Å²) in [5, 5.41) is 28.5. The Bertz CT molecular complexity index is 1720. The zero-order valence-corrected chi connectivity index (χ0v) is 23.6. The summed E-state index contributed by atoms with van der Waals surface area (Å²) in [5.74, 6) is -0.503. The SMILES string of the molecule is CON=C1C(S(=O)(=O)c2ccccc2)=CC23Oc4c(c(O)cc5c4C(O)NC5=O)CC2(C)C(C)=CC=C3C1(C)C. The van der Waals surface area contributed by atoms with Gasteiger partial charge in [0.1, 0.15) is 24.3 Å². The van der Waals surface area contributed by atoms with Crippen molar-refractivity contribution in [2.75, 3.05) is 7.11 Å². The number of phenols is 1. The van der Waals surface area contributed by atoms with Gasteiger partial charge in [0.05, 0.1) is 20.9 Å². The van der Waals surface area contributed by atoms with E-state index >= 15 is 0 Å². The number of hydrogen-bond acceptors (Lipinski definition) is 8. The third-order valence-electron chi connectivity index (χ3n) is 8.93. The van der Waals surface area contributed by atoms with Crippen molar-refractivity contribution in [3.63, 3.8) is 0 Å². The number of carbonyl (C=O) groups is 1. The molecule has 2 heterocycles. The fourth-order valence-corrected chi connectivity index (χ4v) is 8.23. The molecule has 3 N–H and O–H groups in total. The molecule has 0 saturated carbocycles. The number of oxime groups is 1. The van der Waals surface area contributed by atoms with Crippen molar-refractivity contribution < 1.29 is 33.0 Å². The zero-order valence-electron chi connectivity index (χ0n) is 22.8. The first-order valence-electron chi connectivity index (χ1n) is 12.9. The maximum Gasteiger partial charge on any atom is 0.254 e. The molecule has 0 fully saturated rings. The molecule has 0 saturated heterocycles. The molecule has 208 valence electrons. The van der Waals surface area contributed by atoms with Gasteiger partial charge >= 0.3 is 0 Å². The summed E-state index contributed by atoms with van der Waals surface area (Å²) in [6, 6.07) is 9.44. The van der Waals surface area contributed by atoms with Crippen molar-refractivity contribution in [3.8, 4) is 11.5 Å². The van der Waals surface area contributed by atoms with Gasteiger partial charge < -0.3 is 25.1 Å². The first kappa shape index (κ1) is 26.3. The van der Waals surface area contributed by atoms with Gasteiger partial charge in [-0.15, -0.1) is 0 Å². The number of aliphatic hydroxyl groups is 1. The first-order chi connectivity index (χ1) is 18.8. The molecule has 2 aliphatic carbocycles. The van der Waals surface area contributed by atoms with Crippen LogP contribution in [0, 0.1) is 10.8 Å². The number of fused-ring (bicyclic) bond motifs is 3. The predicted molar refractivity (Wildman–Crippen MR) is 147 cm³/mol. The Morgan fingerprint density at radius 2 is 1.85 bits per heavy atom. The molecule has 4 aliphatic rings. The minimum atomic E-state index is -4.11. The average Bonchev–Trinajstić information content (AvgIpc) is 3.18. The van der Waals surface area contributed by atoms with Gasteiger partial charge in [0.2, 0.25) is 9.84 Å². The van der Waals surface area contributed by atoms with E-state index in [-0.39, 0.29) is 44.6 Å². The largest absolute Gasteiger partial charge is 0.508 e. The lowest BCUT2D eigenvalue weighted by molar-refractivity contribution is 0.00625. The average molecular weight is 563 g/mol. The van der Waals surface area contributed by atoms with E-state index in [0.717, 1.165) is 11.1 Å². The van der Waals surface area contributed by atoms with Crippen LogP contribution in [-0.2, 0) is 21.1 Å². The molecule has 9 nitrogen and oxygen atoms in total. The quantitative estimate of drug-likeness (QED) is 0.480. The Morgan fingerprint density at radius 1 is 1.15 bits per heavy atom. The minimum Gasteiger partial charge on any atom is -0.508 e. The number of aromatic hydroxyl groups is 1. The highest BCUT2D eigenvalue weighted by atomic mass is 32.2. The Kier molecular flexibility index (Phi) is 5.47. The minimum absolute atomic E-state index is 0.0568. The van der Waals surface area contributed by atoms with Crippen LogP contribution in [0.1, 0.15) is 55.4 Å². The van der Waals surface area contributed by atoms with E-state index in [0.29, 0.717) is 5.56 Å². The summed E-state index contributed by atoms with van der Waals surface area (Å²) in [5.41, 5.74) is -0.609. The fraction of sp³-hybridized carbons (Fsp3) is 0.333. The summed E-state index contributed by atoms with van der Waals surface area (Å²) in [4.78, 5) is 17.8. The van der Waals surface area contributed by atoms with E-state index in [4.69, 9.17) is 9.57 Å². The highest BCUT2D eigenvalue weighted by molar-refractivity contribution is 7.96. The molecule has 3 unspecified atom stereocenters. The van der Waals surface area contributed by atoms with Crippen LogP contribution >= 0.6 is 0 Å². The Hall–Kier alpha value is -3.89. The predicted octanol–water partition coefficient (Wildman–Crippen LogP) is 4.09. The number of sulfone groups is 1. The number of nitrogens with zero attached hydrogens (tertiary/aromatic N) is 1. The van der Waals surface area contributed by atoms with Crippen LogP contribution in [0.25, 0.3) is 0 Å². The number of rotatable bonds is 3. The Balaban J connectivity index is 1.72. The third-order valence-corrected chi connectivity index (χ3v) is 10.7. The lowest BCUT2D eigenvalue weighted by Crippen LogP contribution is -2.62. The second-order valence-corrected chi connectivity index (χ2v) is 13.3. The number of hydrogen-bond donors (Lipinski definition) is 3. The van der Waals surface area contributed by atoms with Crippen LogP contribution in [0.2, 0.25) is 0 Å². The van der Waals surface area contributed by atoms with Gasteiger partial charge in [-0.3, -0.25) is 4.79 Å². The number of ether oxygens (including phenoxy) is 1. The molecule has 6 rings (SSSR count). The topological polar surface area (TPSA) is 135 Å². The Morgan fingerprint density at radius 3 is 2.52 bits per heavy atom. The molecular formula is C30H30N2O7S. The van der Waals surface area contributed by atoms with Crippen LogP contribution in [0.15, 0.2) is 80.7 Å². The second-order valence-electron chi connectivity index (χ2n) is 11.4. The van der Waals surface area contributed by atoms with E-state index in [2.05, 4.69) is 10.5 Å². The highest BCUT2D eigenvalue weighted by Crippen LogP contribution is 2.63. The van der Waals surface area contributed by atoms with Crippen molar-refractivity contribution in [1.29, 1.82) is 0 Å². The van der Waals surface area contributed by atoms with Crippen molar-refractivity contribution in [3.05, 3.63) is 87.4 Å². The first-order valence-corrected chi connectivity index (χ1v) is 14.4. The highest BCUT2D eigenvalue weighted by Gasteiger charge is 2.64. The molecule has 3 atom stereocenters. The molecule has 0 bridgehead atoms. The van der Waals surface area contributed by atoms with Gasteiger partial charge in [0.25, 0.3) is 5.91 Å². The van der Waals surface area contributed by atoms with Crippen LogP contribution < -0.4 is 10.1 Å². The van der Waals surface area contributed by atoms with E-state index in [1.54, 1.807) is 24.3 Å². The second kappa shape index (κ2) is 8.31. The van der Waals surface area contributed by atoms with Gasteiger partial charge in [-0.05, 0) is 43.2 Å². The number of benzene rings is 2. The summed E-state index contributed by atoms with van der Waals surface area (Å²) >= 11 is 0. The van der Waals surface area contributed by atoms with Gasteiger partial charge in [-0.25, -0.2) is 8.42 Å². The molecule has 0 radical (unpaired) electrons. The molecule has 2 aromatic carbocycles. The third kappa shape index (κ3) is 3.20. The molecule has 2 aromatic rings. The molecule has 40 heavy (non-hydrogen) atoms. The molecule has 2 aliphatic heterocycles. The maximum absolute atomic E-state index is 14.2. The molecule has 1 spiro atoms. The number of phenolic OH excluding ortho intramolecular Hbond substituents is 1. The lowest BCUT2D eigenvalue weighted by Gasteiger charge is -2.58. The van der Waals surface area contributed by atoms with Crippen molar-refractivity contribution in [2.45, 2.75) is 50.8 Å². The van der Waals surface area contributed by atoms with Crippen LogP contribution in [0.4, 0.5) is 0 Å². The number of nitrogens with one attached hydrogen (secondary N) is 1. The van der Waals surface area contributed by atoms with Crippen LogP contribution in [-0.4, -0.2) is 43.0 Å². The van der Waals surface area contributed by atoms with Gasteiger partial charge in [0, 0.05) is 16.4 Å². The Labute approximate surface area is 232 Å². The molecule has 1 amide bonds. The monoisotopic (exact) mass is 562 g/mol. The normalized spacial score (nSPS) is 29.1. The smallest absolute Gasteiger partial charge is 0.254 e. The van der Waals surface area contributed by atoms with E-state index in [1.807, 2.05) is 39.8 Å². The molecule has 0 aromatic heterocycles. The lowest BCUT2D eigenvalue weighted by atomic mass is 9.52. The van der Waals surface area contributed by atoms with E-state index < -0.39 is 38.4 Å². The van der Waals surface area contributed by atoms with Crippen molar-refractivity contribution >= 4 is 21.5 Å². The number of aliphatic hydroxyl groups excluding tert-OH is 1. The van der Waals surface area contributed by atoms with Gasteiger partial charge in [0.15, 0.2) is 11.8 Å². The van der Waals surface area contributed by atoms with E-state index in [1.165, 1.54) is 25.3 Å². The summed E-state index contributed by atoms with van der Waals surface area (Å²) in [6.07, 6.45) is 4.39. The van der Waals surface area contributed by atoms with Crippen molar-refractivity contribution in [2.24, 2.45) is 16.0 Å². The number of allylic oxidation sites excluding steroid dienone is 3. The fourth-order valence-electron chi connectivity index (χ4n) is 6.59. The van der Waals surface area contributed by atoms with Crippen molar-refractivity contribution in [1.82, 2.24) is 5.32 Å². The molecule has 10 heteroatoms. The summed E-state index contributed by atoms with van der Waals surface area (Å²) < 4.78 is 35.4. The maximum atomic E-state index is 14.2. The van der Waals surface area contributed by atoms with Gasteiger partial charge in [-0.1, -0.05) is 61.9 Å². The molecular weight excluding hydrogens is 532 g/mol. The van der Waals surface area contributed by atoms with Crippen LogP contribution in [0.5, 0.6) is 11.5 Å². The zero-order chi connectivity index (χ0) is 28.8.